The van der Waals surface area contributed by atoms with Crippen LogP contribution in [0.25, 0.3) is 75.0 Å². The summed E-state index contributed by atoms with van der Waals surface area (Å²) in [4.78, 5) is 72.1. The van der Waals surface area contributed by atoms with Crippen molar-refractivity contribution in [1.29, 1.82) is 0 Å². The van der Waals surface area contributed by atoms with Gasteiger partial charge in [0.15, 0.2) is 23.0 Å². The topological polar surface area (TPSA) is 134 Å². The average Bonchev–Trinajstić information content (AvgIpc) is 1.56. The number of carbonyl (C=O) groups is 4. The SMILES string of the molecule is CCCCCCC(CCCC)CN1C(=O)C2=C(c3ccc(-c4cc5c(ccc6c7cc(-c8ccc(C9=C%10C(=O)N(CC(CCCC)CCCCCC)C(c%11ccco%11)=C%10C(=O)N9CC(CCCC)CCCCCC)o8)sc7ccc56)s4)o3)N(CC(CCCC)CCCCCC)C(=O)C2=C1c1ccco1. The molecule has 0 spiro atoms. The van der Waals surface area contributed by atoms with Gasteiger partial charge in [-0.1, -0.05) is 222 Å². The van der Waals surface area contributed by atoms with E-state index in [0.717, 1.165) is 195 Å². The zero-order valence-corrected chi connectivity index (χ0v) is 65.5. The van der Waals surface area contributed by atoms with Gasteiger partial charge in [0.1, 0.15) is 34.3 Å². The molecule has 0 saturated carbocycles. The molecule has 0 aliphatic carbocycles. The smallest absolute Gasteiger partial charge is 0.261 e. The summed E-state index contributed by atoms with van der Waals surface area (Å²) in [6.07, 6.45) is 38.6. The standard InChI is InChI=1S/C90H116N4O8S2/c1-9-17-25-29-39-61(35-21-13-5)57-91-83(71-43-33-53-99-71)79-81(89(91)97)85(93(87(79)95)59-63(37-23-15-7)41-31-27-19-11-3)73-49-47-69(101-73)77-55-67-65-46-52-76-68(66(65)45-51-75(67)103-77)56-78(104-76)70-48-50-74(102-70)86-82-80(88(96)94(86)60-64(38-24-16-8)42-32-28-20-12-4)84(72-44-34-54-100-72)92(90(82)98)58-62(36-22-14-6)40-30-26-18-10-2/h33-34,43-56,61-64H,9-32,35-42,57-60H2,1-8H3. The highest BCUT2D eigenvalue weighted by Crippen LogP contribution is 2.52. The lowest BCUT2D eigenvalue weighted by atomic mass is 9.94. The molecule has 12 nitrogen and oxygen atoms in total. The summed E-state index contributed by atoms with van der Waals surface area (Å²) in [5.41, 5.74) is 4.06. The van der Waals surface area contributed by atoms with Crippen molar-refractivity contribution in [1.82, 2.24) is 19.6 Å². The Morgan fingerprint density at radius 2 is 0.577 bits per heavy atom. The molecule has 0 fully saturated rings. The maximum absolute atomic E-state index is 15.6. The number of thiophene rings is 2. The summed E-state index contributed by atoms with van der Waals surface area (Å²) in [7, 11) is 0. The Morgan fingerprint density at radius 3 is 0.856 bits per heavy atom. The number of amides is 4. The molecule has 10 heterocycles. The highest BCUT2D eigenvalue weighted by Gasteiger charge is 2.53. The first-order valence-electron chi connectivity index (χ1n) is 40.9. The van der Waals surface area contributed by atoms with E-state index in [2.05, 4.69) is 91.8 Å². The zero-order chi connectivity index (χ0) is 72.6. The zero-order valence-electron chi connectivity index (χ0n) is 63.9. The lowest BCUT2D eigenvalue weighted by Crippen LogP contribution is -2.34. The molecule has 0 N–H and O–H groups in total. The minimum absolute atomic E-state index is 0.149. The molecular formula is C90H116N4O8S2. The van der Waals surface area contributed by atoms with E-state index in [0.29, 0.717) is 106 Å². The van der Waals surface area contributed by atoms with Gasteiger partial charge in [0.25, 0.3) is 23.6 Å². The Hall–Kier alpha value is -7.42. The first-order chi connectivity index (χ1) is 51.0. The normalized spacial score (nSPS) is 16.2. The van der Waals surface area contributed by atoms with Crippen LogP contribution in [0.2, 0.25) is 0 Å². The van der Waals surface area contributed by atoms with Gasteiger partial charge in [0, 0.05) is 46.4 Å². The predicted molar refractivity (Wildman–Crippen MR) is 429 cm³/mol. The van der Waals surface area contributed by atoms with Crippen LogP contribution < -0.4 is 0 Å². The van der Waals surface area contributed by atoms with Crippen molar-refractivity contribution in [3.63, 3.8) is 0 Å². The van der Waals surface area contributed by atoms with Gasteiger partial charge in [-0.25, -0.2) is 0 Å². The molecular weight excluding hydrogens is 1330 g/mol. The number of carbonyl (C=O) groups excluding carboxylic acids is 4. The summed E-state index contributed by atoms with van der Waals surface area (Å²) < 4.78 is 28.8. The van der Waals surface area contributed by atoms with Gasteiger partial charge in [-0.05, 0) is 159 Å². The second-order valence-corrected chi connectivity index (χ2v) is 32.7. The van der Waals surface area contributed by atoms with Crippen LogP contribution in [0.3, 0.4) is 0 Å². The van der Waals surface area contributed by atoms with Crippen molar-refractivity contribution in [2.24, 2.45) is 23.7 Å². The Bertz CT molecular complexity index is 4060. The van der Waals surface area contributed by atoms with Gasteiger partial charge in [0.2, 0.25) is 0 Å². The van der Waals surface area contributed by atoms with Crippen molar-refractivity contribution >= 4 is 100 Å². The lowest BCUT2D eigenvalue weighted by Gasteiger charge is -2.29. The summed E-state index contributed by atoms with van der Waals surface area (Å²) in [5.74, 6) is 4.00. The fourth-order valence-corrected chi connectivity index (χ4v) is 19.1. The van der Waals surface area contributed by atoms with Crippen molar-refractivity contribution in [2.75, 3.05) is 26.2 Å². The van der Waals surface area contributed by atoms with Crippen LogP contribution in [-0.2, 0) is 19.2 Å². The summed E-state index contributed by atoms with van der Waals surface area (Å²) in [6, 6.07) is 28.9. The van der Waals surface area contributed by atoms with Crippen molar-refractivity contribution in [2.45, 2.75) is 261 Å². The Morgan fingerprint density at radius 1 is 0.298 bits per heavy atom. The van der Waals surface area contributed by atoms with E-state index < -0.39 is 0 Å². The first-order valence-corrected chi connectivity index (χ1v) is 42.5. The number of hydrogen-bond donors (Lipinski definition) is 0. The number of fused-ring (bicyclic) bond motifs is 7. The third kappa shape index (κ3) is 16.7. The predicted octanol–water partition coefficient (Wildman–Crippen LogP) is 25.7. The maximum atomic E-state index is 15.6. The van der Waals surface area contributed by atoms with Crippen molar-refractivity contribution in [3.8, 4) is 21.3 Å². The summed E-state index contributed by atoms with van der Waals surface area (Å²) >= 11 is 3.36. The second-order valence-electron chi connectivity index (χ2n) is 30.5. The first kappa shape index (κ1) is 76.2. The van der Waals surface area contributed by atoms with Crippen LogP contribution in [0.4, 0.5) is 0 Å². The fourth-order valence-electron chi connectivity index (χ4n) is 17.0. The molecule has 8 aromatic rings. The molecule has 6 aromatic heterocycles. The van der Waals surface area contributed by atoms with Crippen LogP contribution in [0, 0.1) is 23.7 Å². The van der Waals surface area contributed by atoms with Gasteiger partial charge < -0.3 is 37.3 Å². The number of nitrogens with zero attached hydrogens (tertiary/aromatic N) is 4. The van der Waals surface area contributed by atoms with Gasteiger partial charge in [-0.2, -0.15) is 0 Å². The molecule has 12 rings (SSSR count). The molecule has 4 unspecified atom stereocenters. The Kier molecular flexibility index (Phi) is 26.9. The quantitative estimate of drug-likeness (QED) is 0.0344. The minimum Gasteiger partial charge on any atom is -0.463 e. The molecule has 14 heteroatoms. The third-order valence-electron chi connectivity index (χ3n) is 22.7. The van der Waals surface area contributed by atoms with Crippen molar-refractivity contribution < 1.29 is 36.8 Å². The molecule has 4 aliphatic heterocycles. The van der Waals surface area contributed by atoms with Crippen LogP contribution >= 0.6 is 22.7 Å². The molecule has 556 valence electrons. The summed E-state index contributed by atoms with van der Waals surface area (Å²) in [5, 5.41) is 4.47. The largest absolute Gasteiger partial charge is 0.463 e. The van der Waals surface area contributed by atoms with Gasteiger partial charge in [-0.15, -0.1) is 22.7 Å². The Labute approximate surface area is 627 Å². The van der Waals surface area contributed by atoms with Gasteiger partial charge in [-0.3, -0.25) is 19.2 Å². The number of furan rings is 4. The van der Waals surface area contributed by atoms with E-state index in [1.807, 2.05) is 68.1 Å². The molecule has 4 amide bonds. The number of hydrogen-bond acceptors (Lipinski definition) is 10. The van der Waals surface area contributed by atoms with Crippen molar-refractivity contribution in [3.05, 3.63) is 143 Å². The van der Waals surface area contributed by atoms with E-state index in [1.165, 1.54) is 51.4 Å². The maximum Gasteiger partial charge on any atom is 0.261 e. The molecule has 0 bridgehead atoms. The molecule has 4 aliphatic rings. The molecule has 2 aromatic carbocycles. The van der Waals surface area contributed by atoms with Gasteiger partial charge >= 0.3 is 0 Å². The van der Waals surface area contributed by atoms with E-state index in [4.69, 9.17) is 17.7 Å². The lowest BCUT2D eigenvalue weighted by molar-refractivity contribution is -0.124. The number of benzene rings is 2. The van der Waals surface area contributed by atoms with Crippen LogP contribution in [0.15, 0.2) is 137 Å². The highest BCUT2D eigenvalue weighted by molar-refractivity contribution is 7.23. The average molecular weight is 1450 g/mol. The van der Waals surface area contributed by atoms with Gasteiger partial charge in [0.05, 0.1) is 44.6 Å². The summed E-state index contributed by atoms with van der Waals surface area (Å²) in [6.45, 7) is 20.0. The molecule has 104 heavy (non-hydrogen) atoms. The monoisotopic (exact) mass is 1440 g/mol. The molecule has 4 atom stereocenters. The number of unbranched alkanes of at least 4 members (excludes halogenated alkanes) is 16. The third-order valence-corrected chi connectivity index (χ3v) is 25.0. The highest BCUT2D eigenvalue weighted by atomic mass is 32.1. The molecule has 0 radical (unpaired) electrons. The van der Waals surface area contributed by atoms with E-state index in [1.54, 1.807) is 35.2 Å². The van der Waals surface area contributed by atoms with Crippen LogP contribution in [-0.4, -0.2) is 69.4 Å². The fraction of sp³-hybridized carbons (Fsp3) is 0.533. The van der Waals surface area contributed by atoms with E-state index in [9.17, 15) is 0 Å². The molecule has 0 saturated heterocycles. The second kappa shape index (κ2) is 36.7. The van der Waals surface area contributed by atoms with Crippen LogP contribution in [0.5, 0.6) is 0 Å². The van der Waals surface area contributed by atoms with E-state index in [-0.39, 0.29) is 47.3 Å². The van der Waals surface area contributed by atoms with E-state index >= 15 is 19.2 Å². The Balaban J connectivity index is 0.893. The number of rotatable bonds is 46. The minimum atomic E-state index is -0.149. The van der Waals surface area contributed by atoms with Crippen LogP contribution in [0.1, 0.15) is 284 Å².